The summed E-state index contributed by atoms with van der Waals surface area (Å²) >= 11 is 0. The lowest BCUT2D eigenvalue weighted by atomic mass is 9.87. The number of Topliss-reactive ketones (excluding diaryl/α,β-unsaturated/α-hetero) is 1. The van der Waals surface area contributed by atoms with Gasteiger partial charge in [0, 0.05) is 5.56 Å². The molecular formula is C23H31O4P. The Kier molecular flexibility index (Phi) is 11.1. The molecule has 2 aromatic rings. The van der Waals surface area contributed by atoms with E-state index in [2.05, 4.69) is 6.92 Å². The van der Waals surface area contributed by atoms with Gasteiger partial charge in [-0.05, 0) is 37.0 Å². The van der Waals surface area contributed by atoms with Crippen molar-refractivity contribution in [3.8, 4) is 0 Å². The van der Waals surface area contributed by atoms with E-state index in [-0.39, 0.29) is 5.78 Å². The van der Waals surface area contributed by atoms with E-state index in [9.17, 15) is 9.59 Å². The molecule has 0 aromatic heterocycles. The highest BCUT2D eigenvalue weighted by Crippen LogP contribution is 2.26. The zero-order valence-electron chi connectivity index (χ0n) is 17.1. The van der Waals surface area contributed by atoms with Crippen LogP contribution in [0.1, 0.15) is 65.6 Å². The number of carbonyl (C=O) groups is 2. The molecule has 2 rings (SSSR count). The molecule has 0 N–H and O–H groups in total. The van der Waals surface area contributed by atoms with Gasteiger partial charge in [0.1, 0.15) is 5.92 Å². The Hall–Kier alpha value is -2.19. The van der Waals surface area contributed by atoms with Gasteiger partial charge in [0.25, 0.3) is 0 Å². The van der Waals surface area contributed by atoms with E-state index in [4.69, 9.17) is 9.30 Å². The largest absolute Gasteiger partial charge is 0.465 e. The van der Waals surface area contributed by atoms with Crippen LogP contribution in [0.3, 0.4) is 0 Å². The molecule has 0 aliphatic heterocycles. The summed E-state index contributed by atoms with van der Waals surface area (Å²) in [5, 5.41) is 0. The first-order valence-corrected chi connectivity index (χ1v) is 10.2. The number of ketones is 1. The normalized spacial score (nSPS) is 11.2. The van der Waals surface area contributed by atoms with E-state index in [0.29, 0.717) is 26.9 Å². The summed E-state index contributed by atoms with van der Waals surface area (Å²) in [5.74, 6) is -1.56. The number of ether oxygens (including phenoxy) is 1. The standard InChI is InChI=1S/C23H28O3.H3OP/c1-4-5-6-10-16-26-23(25)21(19-14-8-7-9-15-19)22(24)20-17(2)12-11-13-18(20)3;1-2/h7-9,11-15,21H,4-6,10,16H2,1-3H3;2H3. The van der Waals surface area contributed by atoms with E-state index in [1.165, 1.54) is 0 Å². The molecular weight excluding hydrogens is 371 g/mol. The number of hydrogen-bond donors (Lipinski definition) is 0. The highest BCUT2D eigenvalue weighted by Gasteiger charge is 2.32. The molecule has 152 valence electrons. The summed E-state index contributed by atoms with van der Waals surface area (Å²) in [7, 11) is 0.611. The molecule has 0 spiro atoms. The third-order valence-corrected chi connectivity index (χ3v) is 4.60. The van der Waals surface area contributed by atoms with Crippen molar-refractivity contribution in [1.82, 2.24) is 0 Å². The van der Waals surface area contributed by atoms with Gasteiger partial charge in [-0.15, -0.1) is 0 Å². The van der Waals surface area contributed by atoms with Crippen molar-refractivity contribution in [2.45, 2.75) is 52.4 Å². The molecule has 0 heterocycles. The lowest BCUT2D eigenvalue weighted by Gasteiger charge is -2.18. The summed E-state index contributed by atoms with van der Waals surface area (Å²) in [6.45, 7) is 6.31. The number of hydrogen-bond acceptors (Lipinski definition) is 4. The minimum absolute atomic E-state index is 0.189. The Balaban J connectivity index is 0.00000190. The average Bonchev–Trinajstić information content (AvgIpc) is 2.70. The van der Waals surface area contributed by atoms with Gasteiger partial charge in [0.05, 0.1) is 15.7 Å². The predicted molar refractivity (Wildman–Crippen MR) is 116 cm³/mol. The number of esters is 1. The third kappa shape index (κ3) is 6.76. The van der Waals surface area contributed by atoms with Crippen molar-refractivity contribution in [3.05, 3.63) is 70.8 Å². The van der Waals surface area contributed by atoms with Gasteiger partial charge < -0.3 is 9.30 Å². The van der Waals surface area contributed by atoms with Crippen LogP contribution in [0.2, 0.25) is 0 Å². The molecule has 28 heavy (non-hydrogen) atoms. The van der Waals surface area contributed by atoms with Crippen LogP contribution in [0.15, 0.2) is 48.5 Å². The fourth-order valence-electron chi connectivity index (χ4n) is 3.17. The topological polar surface area (TPSA) is 60.4 Å². The minimum Gasteiger partial charge on any atom is -0.465 e. The van der Waals surface area contributed by atoms with E-state index in [0.717, 1.165) is 36.8 Å². The molecule has 0 saturated heterocycles. The van der Waals surface area contributed by atoms with Crippen LogP contribution < -0.4 is 0 Å². The molecule has 0 aliphatic rings. The van der Waals surface area contributed by atoms with Gasteiger partial charge in [0.2, 0.25) is 0 Å². The molecule has 0 amide bonds. The molecule has 4 nitrogen and oxygen atoms in total. The quantitative estimate of drug-likeness (QED) is 0.187. The number of rotatable bonds is 9. The second-order valence-corrected chi connectivity index (χ2v) is 6.70. The zero-order chi connectivity index (χ0) is 20.9. The average molecular weight is 402 g/mol. The van der Waals surface area contributed by atoms with Crippen LogP contribution in [0.25, 0.3) is 0 Å². The Morgan fingerprint density at radius 1 is 0.893 bits per heavy atom. The maximum absolute atomic E-state index is 13.3. The SMILES string of the molecule is CCCCCCOC(=O)C(C(=O)c1c(C)cccc1C)c1ccccc1.O=[PH3]. The Labute approximate surface area is 169 Å². The number of benzene rings is 2. The van der Waals surface area contributed by atoms with E-state index < -0.39 is 11.9 Å². The zero-order valence-corrected chi connectivity index (χ0v) is 18.5. The molecule has 2 aromatic carbocycles. The van der Waals surface area contributed by atoms with Crippen LogP contribution in [-0.2, 0) is 14.1 Å². The fraction of sp³-hybridized carbons (Fsp3) is 0.391. The first-order valence-electron chi connectivity index (χ1n) is 9.67. The molecule has 0 aliphatic carbocycles. The van der Waals surface area contributed by atoms with Crippen molar-refractivity contribution in [2.75, 3.05) is 6.61 Å². The Morgan fingerprint density at radius 3 is 2.07 bits per heavy atom. The predicted octanol–water partition coefficient (Wildman–Crippen LogP) is 5.33. The fourth-order valence-corrected chi connectivity index (χ4v) is 3.17. The Bertz CT molecular complexity index is 738. The van der Waals surface area contributed by atoms with Crippen molar-refractivity contribution in [3.63, 3.8) is 0 Å². The van der Waals surface area contributed by atoms with Gasteiger partial charge in [-0.1, -0.05) is 74.7 Å². The maximum atomic E-state index is 13.3. The van der Waals surface area contributed by atoms with Gasteiger partial charge in [-0.25, -0.2) is 0 Å². The molecule has 0 fully saturated rings. The van der Waals surface area contributed by atoms with Crippen molar-refractivity contribution in [1.29, 1.82) is 0 Å². The lowest BCUT2D eigenvalue weighted by molar-refractivity contribution is -0.144. The van der Waals surface area contributed by atoms with Gasteiger partial charge >= 0.3 is 5.97 Å². The second-order valence-electron chi connectivity index (χ2n) is 6.70. The van der Waals surface area contributed by atoms with Crippen LogP contribution in [0.4, 0.5) is 0 Å². The monoisotopic (exact) mass is 402 g/mol. The van der Waals surface area contributed by atoms with Gasteiger partial charge in [-0.3, -0.25) is 9.59 Å². The summed E-state index contributed by atoms with van der Waals surface area (Å²) < 4.78 is 13.7. The van der Waals surface area contributed by atoms with E-state index >= 15 is 0 Å². The summed E-state index contributed by atoms with van der Waals surface area (Å²) in [5.41, 5.74) is 3.06. The van der Waals surface area contributed by atoms with Crippen LogP contribution >= 0.6 is 9.12 Å². The molecule has 0 bridgehead atoms. The van der Waals surface area contributed by atoms with Crippen LogP contribution in [0.5, 0.6) is 0 Å². The van der Waals surface area contributed by atoms with Gasteiger partial charge in [0.15, 0.2) is 5.78 Å². The second kappa shape index (κ2) is 13.1. The first kappa shape index (κ1) is 23.8. The number of carbonyl (C=O) groups excluding carboxylic acids is 2. The van der Waals surface area contributed by atoms with Crippen LogP contribution in [0, 0.1) is 13.8 Å². The smallest absolute Gasteiger partial charge is 0.321 e. The molecule has 2 unspecified atom stereocenters. The summed E-state index contributed by atoms with van der Waals surface area (Å²) in [6, 6.07) is 14.9. The first-order chi connectivity index (χ1) is 13.6. The highest BCUT2D eigenvalue weighted by atomic mass is 31.0. The maximum Gasteiger partial charge on any atom is 0.321 e. The van der Waals surface area contributed by atoms with Gasteiger partial charge in [-0.2, -0.15) is 0 Å². The molecule has 5 heteroatoms. The van der Waals surface area contributed by atoms with Crippen LogP contribution in [-0.4, -0.2) is 18.4 Å². The summed E-state index contributed by atoms with van der Waals surface area (Å²) in [4.78, 5) is 26.0. The summed E-state index contributed by atoms with van der Waals surface area (Å²) in [6.07, 6.45) is 4.12. The minimum atomic E-state index is -0.915. The third-order valence-electron chi connectivity index (χ3n) is 4.60. The van der Waals surface area contributed by atoms with E-state index in [1.807, 2.05) is 62.4 Å². The van der Waals surface area contributed by atoms with E-state index in [1.54, 1.807) is 0 Å². The number of unbranched alkanes of at least 4 members (excludes halogenated alkanes) is 3. The molecule has 2 atom stereocenters. The Morgan fingerprint density at radius 2 is 1.50 bits per heavy atom. The van der Waals surface area contributed by atoms with Crippen molar-refractivity contribution in [2.24, 2.45) is 0 Å². The highest BCUT2D eigenvalue weighted by molar-refractivity contribution is 7.00. The molecule has 0 radical (unpaired) electrons. The molecule has 0 saturated carbocycles. The van der Waals surface area contributed by atoms with Crippen molar-refractivity contribution >= 4 is 20.9 Å². The number of aryl methyl sites for hydroxylation is 2. The van der Waals surface area contributed by atoms with Crippen molar-refractivity contribution < 1.29 is 18.9 Å². The lowest BCUT2D eigenvalue weighted by Crippen LogP contribution is -2.26.